The number of rotatable bonds is 3. The standard InChI is InChI=1S/C10H14N4O4S/c1-2-7-12-13-9(19-7)11-10(17)14-3-4-18-6(5-14)8(15)16/h6H,2-5H2,1H3,(H,15,16)(H,11,13,17). The van der Waals surface area contributed by atoms with Crippen LogP contribution in [0, 0.1) is 0 Å². The van der Waals surface area contributed by atoms with Crippen LogP contribution in [-0.2, 0) is 16.0 Å². The number of ether oxygens (including phenoxy) is 1. The number of carboxylic acid groups (broad SMARTS) is 1. The quantitative estimate of drug-likeness (QED) is 0.834. The predicted octanol–water partition coefficient (Wildman–Crippen LogP) is 0.418. The van der Waals surface area contributed by atoms with Gasteiger partial charge in [-0.2, -0.15) is 0 Å². The van der Waals surface area contributed by atoms with E-state index in [4.69, 9.17) is 9.84 Å². The smallest absolute Gasteiger partial charge is 0.334 e. The van der Waals surface area contributed by atoms with E-state index in [1.54, 1.807) is 0 Å². The Morgan fingerprint density at radius 3 is 3.00 bits per heavy atom. The van der Waals surface area contributed by atoms with E-state index in [0.29, 0.717) is 11.7 Å². The number of aliphatic carboxylic acids is 1. The van der Waals surface area contributed by atoms with Gasteiger partial charge in [0, 0.05) is 6.54 Å². The Bertz CT molecular complexity index is 478. The van der Waals surface area contributed by atoms with Crippen LogP contribution in [0.4, 0.5) is 9.93 Å². The van der Waals surface area contributed by atoms with Gasteiger partial charge in [0.25, 0.3) is 0 Å². The van der Waals surface area contributed by atoms with Gasteiger partial charge < -0.3 is 14.7 Å². The fourth-order valence-electron chi connectivity index (χ4n) is 1.60. The molecule has 0 saturated carbocycles. The second kappa shape index (κ2) is 5.93. The molecular weight excluding hydrogens is 272 g/mol. The van der Waals surface area contributed by atoms with Crippen LogP contribution in [0.15, 0.2) is 0 Å². The van der Waals surface area contributed by atoms with Crippen LogP contribution in [0.25, 0.3) is 0 Å². The van der Waals surface area contributed by atoms with Crippen LogP contribution in [0.1, 0.15) is 11.9 Å². The zero-order valence-corrected chi connectivity index (χ0v) is 11.1. The van der Waals surface area contributed by atoms with Gasteiger partial charge in [0.15, 0.2) is 6.10 Å². The molecule has 2 heterocycles. The van der Waals surface area contributed by atoms with Crippen molar-refractivity contribution in [2.45, 2.75) is 19.4 Å². The van der Waals surface area contributed by atoms with Gasteiger partial charge in [0.05, 0.1) is 13.2 Å². The van der Waals surface area contributed by atoms with E-state index in [1.165, 1.54) is 16.2 Å². The maximum Gasteiger partial charge on any atom is 0.334 e. The predicted molar refractivity (Wildman–Crippen MR) is 67.3 cm³/mol. The average molecular weight is 286 g/mol. The van der Waals surface area contributed by atoms with Gasteiger partial charge in [0.1, 0.15) is 5.01 Å². The molecule has 0 bridgehead atoms. The molecule has 9 heteroatoms. The number of hydrogen-bond acceptors (Lipinski definition) is 6. The first-order chi connectivity index (χ1) is 9.10. The molecule has 0 aliphatic carbocycles. The molecular formula is C10H14N4O4S. The third-order valence-corrected chi connectivity index (χ3v) is 3.60. The number of nitrogens with one attached hydrogen (secondary N) is 1. The van der Waals surface area contributed by atoms with Gasteiger partial charge in [0.2, 0.25) is 5.13 Å². The van der Waals surface area contributed by atoms with Gasteiger partial charge in [-0.3, -0.25) is 5.32 Å². The Morgan fingerprint density at radius 1 is 1.58 bits per heavy atom. The number of aryl methyl sites for hydroxylation is 1. The minimum Gasteiger partial charge on any atom is -0.479 e. The summed E-state index contributed by atoms with van der Waals surface area (Å²) in [5.74, 6) is -1.07. The van der Waals surface area contributed by atoms with Crippen molar-refractivity contribution in [2.75, 3.05) is 25.0 Å². The van der Waals surface area contributed by atoms with Crippen molar-refractivity contribution in [1.82, 2.24) is 15.1 Å². The first kappa shape index (κ1) is 13.7. The number of hydrogen-bond donors (Lipinski definition) is 2. The highest BCUT2D eigenvalue weighted by atomic mass is 32.1. The third kappa shape index (κ3) is 3.38. The van der Waals surface area contributed by atoms with Gasteiger partial charge >= 0.3 is 12.0 Å². The molecule has 0 spiro atoms. The zero-order valence-electron chi connectivity index (χ0n) is 10.3. The van der Waals surface area contributed by atoms with Crippen molar-refractivity contribution in [3.63, 3.8) is 0 Å². The molecule has 1 saturated heterocycles. The maximum absolute atomic E-state index is 11.9. The molecule has 1 unspecified atom stereocenters. The van der Waals surface area contributed by atoms with Gasteiger partial charge in [-0.05, 0) is 6.42 Å². The lowest BCUT2D eigenvalue weighted by Gasteiger charge is -2.30. The second-order valence-electron chi connectivity index (χ2n) is 3.93. The summed E-state index contributed by atoms with van der Waals surface area (Å²) in [6.45, 7) is 2.54. The summed E-state index contributed by atoms with van der Waals surface area (Å²) < 4.78 is 5.04. The number of urea groups is 1. The van der Waals surface area contributed by atoms with Crippen LogP contribution in [0.2, 0.25) is 0 Å². The van der Waals surface area contributed by atoms with E-state index >= 15 is 0 Å². The minimum atomic E-state index is -1.07. The van der Waals surface area contributed by atoms with Crippen LogP contribution in [-0.4, -0.2) is 58.0 Å². The van der Waals surface area contributed by atoms with E-state index < -0.39 is 12.1 Å². The number of morpholine rings is 1. The molecule has 1 aliphatic rings. The lowest BCUT2D eigenvalue weighted by Crippen LogP contribution is -2.49. The van der Waals surface area contributed by atoms with Crippen molar-refractivity contribution >= 4 is 28.5 Å². The average Bonchev–Trinajstić information content (AvgIpc) is 2.86. The summed E-state index contributed by atoms with van der Waals surface area (Å²) >= 11 is 1.30. The number of aromatic nitrogens is 2. The molecule has 8 nitrogen and oxygen atoms in total. The Hall–Kier alpha value is -1.74. The summed E-state index contributed by atoms with van der Waals surface area (Å²) in [4.78, 5) is 24.2. The number of carboxylic acids is 1. The second-order valence-corrected chi connectivity index (χ2v) is 4.99. The van der Waals surface area contributed by atoms with Crippen molar-refractivity contribution in [3.05, 3.63) is 5.01 Å². The van der Waals surface area contributed by atoms with E-state index in [0.717, 1.165) is 11.4 Å². The summed E-state index contributed by atoms with van der Waals surface area (Å²) in [5, 5.41) is 20.5. The Morgan fingerprint density at radius 2 is 2.37 bits per heavy atom. The Balaban J connectivity index is 1.93. The molecule has 0 radical (unpaired) electrons. The van der Waals surface area contributed by atoms with Crippen LogP contribution >= 0.6 is 11.3 Å². The van der Waals surface area contributed by atoms with Crippen molar-refractivity contribution < 1.29 is 19.4 Å². The third-order valence-electron chi connectivity index (χ3n) is 2.61. The Labute approximate surface area is 113 Å². The molecule has 2 amide bonds. The molecule has 1 aromatic heterocycles. The van der Waals surface area contributed by atoms with Gasteiger partial charge in [-0.1, -0.05) is 18.3 Å². The highest BCUT2D eigenvalue weighted by molar-refractivity contribution is 7.15. The fourth-order valence-corrected chi connectivity index (χ4v) is 2.27. The number of carbonyl (C=O) groups excluding carboxylic acids is 1. The molecule has 0 aromatic carbocycles. The van der Waals surface area contributed by atoms with Gasteiger partial charge in [-0.25, -0.2) is 9.59 Å². The molecule has 1 fully saturated rings. The van der Waals surface area contributed by atoms with E-state index in [1.807, 2.05) is 6.92 Å². The topological polar surface area (TPSA) is 105 Å². The first-order valence-corrected chi connectivity index (χ1v) is 6.64. The first-order valence-electron chi connectivity index (χ1n) is 5.83. The molecule has 104 valence electrons. The molecule has 19 heavy (non-hydrogen) atoms. The van der Waals surface area contributed by atoms with Gasteiger partial charge in [-0.15, -0.1) is 10.2 Å². The lowest BCUT2D eigenvalue weighted by atomic mass is 10.3. The van der Waals surface area contributed by atoms with Crippen LogP contribution in [0.5, 0.6) is 0 Å². The maximum atomic E-state index is 11.9. The monoisotopic (exact) mass is 286 g/mol. The molecule has 1 aliphatic heterocycles. The zero-order chi connectivity index (χ0) is 13.8. The SMILES string of the molecule is CCc1nnc(NC(=O)N2CCOC(C(=O)O)C2)s1. The molecule has 2 N–H and O–H groups in total. The van der Waals surface area contributed by atoms with Crippen molar-refractivity contribution in [1.29, 1.82) is 0 Å². The lowest BCUT2D eigenvalue weighted by molar-refractivity contribution is -0.154. The number of carbonyl (C=O) groups is 2. The number of nitrogens with zero attached hydrogens (tertiary/aromatic N) is 3. The van der Waals surface area contributed by atoms with E-state index in [9.17, 15) is 9.59 Å². The molecule has 1 atom stereocenters. The summed E-state index contributed by atoms with van der Waals surface area (Å²) in [7, 11) is 0. The van der Waals surface area contributed by atoms with Crippen LogP contribution in [0.3, 0.4) is 0 Å². The summed E-state index contributed by atoms with van der Waals surface area (Å²) in [6.07, 6.45) is -0.216. The molecule has 2 rings (SSSR count). The fraction of sp³-hybridized carbons (Fsp3) is 0.600. The number of anilines is 1. The molecule has 1 aromatic rings. The van der Waals surface area contributed by atoms with Crippen LogP contribution < -0.4 is 5.32 Å². The Kier molecular flexibility index (Phi) is 4.27. The van der Waals surface area contributed by atoms with E-state index in [-0.39, 0.29) is 19.2 Å². The van der Waals surface area contributed by atoms with Crippen molar-refractivity contribution in [3.8, 4) is 0 Å². The largest absolute Gasteiger partial charge is 0.479 e. The normalized spacial score (nSPS) is 19.2. The van der Waals surface area contributed by atoms with Crippen molar-refractivity contribution in [2.24, 2.45) is 0 Å². The number of amides is 2. The van der Waals surface area contributed by atoms with E-state index in [2.05, 4.69) is 15.5 Å². The summed E-state index contributed by atoms with van der Waals surface area (Å²) in [5.41, 5.74) is 0. The highest BCUT2D eigenvalue weighted by Gasteiger charge is 2.29. The highest BCUT2D eigenvalue weighted by Crippen LogP contribution is 2.16. The minimum absolute atomic E-state index is 0.0284. The summed E-state index contributed by atoms with van der Waals surface area (Å²) in [6, 6.07) is -0.381.